The Morgan fingerprint density at radius 1 is 1.53 bits per heavy atom. The maximum atomic E-state index is 11.8. The smallest absolute Gasteiger partial charge is 0.322 e. The third-order valence-electron chi connectivity index (χ3n) is 1.96. The van der Waals surface area contributed by atoms with Crippen molar-refractivity contribution in [2.24, 2.45) is 5.73 Å². The molecule has 0 aliphatic rings. The fraction of sp³-hybridized carbons (Fsp3) is 0.222. The first-order valence-corrected chi connectivity index (χ1v) is 7.09. The Balaban J connectivity index is 2.97. The number of aliphatic carboxylic acids is 1. The average molecular weight is 303 g/mol. The number of amides is 1. The van der Waals surface area contributed by atoms with Gasteiger partial charge >= 0.3 is 5.97 Å². The number of primary amides is 1. The van der Waals surface area contributed by atoms with Crippen LogP contribution in [0.2, 0.25) is 0 Å². The topological polar surface area (TPSA) is 150 Å². The van der Waals surface area contributed by atoms with Gasteiger partial charge in [0.2, 0.25) is 5.91 Å². The molecule has 1 aromatic rings. The first-order chi connectivity index (χ1) is 8.76. The molecule has 102 valence electrons. The minimum atomic E-state index is -4.11. The summed E-state index contributed by atoms with van der Waals surface area (Å²) < 4.78 is 25.3. The lowest BCUT2D eigenvalue weighted by atomic mass is 10.2. The minimum Gasteiger partial charge on any atom is -0.480 e. The van der Waals surface area contributed by atoms with Crippen molar-refractivity contribution in [2.75, 3.05) is 0 Å². The number of hydrogen-bond donors (Lipinski definition) is 3. The van der Waals surface area contributed by atoms with Gasteiger partial charge in [-0.15, -0.1) is 11.3 Å². The van der Waals surface area contributed by atoms with Crippen LogP contribution in [-0.2, 0) is 19.6 Å². The van der Waals surface area contributed by atoms with Crippen molar-refractivity contribution in [3.05, 3.63) is 17.0 Å². The van der Waals surface area contributed by atoms with Crippen LogP contribution in [-0.4, -0.2) is 31.4 Å². The molecule has 1 heterocycles. The summed E-state index contributed by atoms with van der Waals surface area (Å²) >= 11 is 0.692. The highest BCUT2D eigenvalue weighted by atomic mass is 32.2. The van der Waals surface area contributed by atoms with Crippen molar-refractivity contribution >= 4 is 33.2 Å². The second-order valence-corrected chi connectivity index (χ2v) is 6.44. The maximum absolute atomic E-state index is 11.8. The van der Waals surface area contributed by atoms with E-state index in [4.69, 9.17) is 16.1 Å². The molecule has 0 bridgehead atoms. The van der Waals surface area contributed by atoms with Gasteiger partial charge in [0.25, 0.3) is 10.0 Å². The zero-order valence-electron chi connectivity index (χ0n) is 9.36. The summed E-state index contributed by atoms with van der Waals surface area (Å²) in [4.78, 5) is 21.7. The van der Waals surface area contributed by atoms with Crippen LogP contribution in [0.3, 0.4) is 0 Å². The van der Waals surface area contributed by atoms with Crippen LogP contribution < -0.4 is 10.5 Å². The second kappa shape index (κ2) is 5.79. The van der Waals surface area contributed by atoms with Gasteiger partial charge in [-0.05, 0) is 12.1 Å². The van der Waals surface area contributed by atoms with E-state index in [0.29, 0.717) is 11.3 Å². The molecule has 0 aliphatic carbocycles. The van der Waals surface area contributed by atoms with E-state index in [1.807, 2.05) is 4.72 Å². The number of rotatable bonds is 6. The SMILES string of the molecule is N#Cc1ccc(S(=O)(=O)N[C@H](CC(N)=O)C(=O)O)s1. The molecule has 19 heavy (non-hydrogen) atoms. The summed E-state index contributed by atoms with van der Waals surface area (Å²) in [6.45, 7) is 0. The van der Waals surface area contributed by atoms with E-state index < -0.39 is 34.4 Å². The zero-order chi connectivity index (χ0) is 14.6. The number of nitriles is 1. The summed E-state index contributed by atoms with van der Waals surface area (Å²) in [5, 5.41) is 17.4. The van der Waals surface area contributed by atoms with Gasteiger partial charge in [-0.1, -0.05) is 0 Å². The molecule has 0 saturated carbocycles. The second-order valence-electron chi connectivity index (χ2n) is 3.41. The van der Waals surface area contributed by atoms with E-state index in [1.165, 1.54) is 12.1 Å². The number of carboxylic acid groups (broad SMARTS) is 1. The fourth-order valence-electron chi connectivity index (χ4n) is 1.15. The molecule has 1 atom stereocenters. The van der Waals surface area contributed by atoms with Gasteiger partial charge < -0.3 is 10.8 Å². The molecule has 0 unspecified atom stereocenters. The standard InChI is InChI=1S/C9H9N3O5S2/c10-4-5-1-2-8(18-5)19(16,17)12-6(9(14)15)3-7(11)13/h1-2,6,12H,3H2,(H2,11,13)(H,14,15)/t6-/m1/s1. The van der Waals surface area contributed by atoms with Gasteiger partial charge in [0.15, 0.2) is 0 Å². The van der Waals surface area contributed by atoms with Gasteiger partial charge in [-0.2, -0.15) is 9.98 Å². The number of carbonyl (C=O) groups excluding carboxylic acids is 1. The highest BCUT2D eigenvalue weighted by molar-refractivity contribution is 7.91. The van der Waals surface area contributed by atoms with Crippen LogP contribution in [0.25, 0.3) is 0 Å². The van der Waals surface area contributed by atoms with Crippen molar-refractivity contribution < 1.29 is 23.1 Å². The zero-order valence-corrected chi connectivity index (χ0v) is 11.0. The van der Waals surface area contributed by atoms with E-state index in [1.54, 1.807) is 6.07 Å². The van der Waals surface area contributed by atoms with Crippen LogP contribution in [0.1, 0.15) is 11.3 Å². The predicted octanol–water partition coefficient (Wildman–Crippen LogP) is -0.773. The minimum absolute atomic E-state index is 0.169. The summed E-state index contributed by atoms with van der Waals surface area (Å²) in [5.74, 6) is -2.46. The molecule has 1 rings (SSSR count). The Bertz CT molecular complexity index is 643. The molecule has 1 aromatic heterocycles. The first kappa shape index (κ1) is 15.1. The molecule has 0 aliphatic heterocycles. The molecule has 0 aromatic carbocycles. The molecule has 10 heteroatoms. The Morgan fingerprint density at radius 3 is 2.58 bits per heavy atom. The van der Waals surface area contributed by atoms with E-state index in [9.17, 15) is 18.0 Å². The number of carbonyl (C=O) groups is 2. The van der Waals surface area contributed by atoms with Crippen molar-refractivity contribution in [1.82, 2.24) is 4.72 Å². The molecule has 4 N–H and O–H groups in total. The highest BCUT2D eigenvalue weighted by Gasteiger charge is 2.27. The predicted molar refractivity (Wildman–Crippen MR) is 64.6 cm³/mol. The largest absolute Gasteiger partial charge is 0.480 e. The number of nitrogens with one attached hydrogen (secondary N) is 1. The highest BCUT2D eigenvalue weighted by Crippen LogP contribution is 2.21. The average Bonchev–Trinajstić information content (AvgIpc) is 2.76. The molecule has 0 radical (unpaired) electrons. The van der Waals surface area contributed by atoms with E-state index in [-0.39, 0.29) is 9.09 Å². The van der Waals surface area contributed by atoms with Gasteiger partial charge in [0.1, 0.15) is 21.2 Å². The summed E-state index contributed by atoms with van der Waals surface area (Å²) in [5.41, 5.74) is 4.84. The first-order valence-electron chi connectivity index (χ1n) is 4.79. The van der Waals surface area contributed by atoms with Crippen molar-refractivity contribution in [1.29, 1.82) is 5.26 Å². The molecular formula is C9H9N3O5S2. The summed E-state index contributed by atoms with van der Waals surface area (Å²) in [6, 6.07) is 2.59. The van der Waals surface area contributed by atoms with Crippen LogP contribution in [0, 0.1) is 11.3 Å². The van der Waals surface area contributed by atoms with Crippen LogP contribution in [0.4, 0.5) is 0 Å². The van der Waals surface area contributed by atoms with Gasteiger partial charge in [-0.3, -0.25) is 9.59 Å². The maximum Gasteiger partial charge on any atom is 0.322 e. The normalized spacial score (nSPS) is 12.6. The van der Waals surface area contributed by atoms with Crippen molar-refractivity contribution in [3.63, 3.8) is 0 Å². The molecular weight excluding hydrogens is 294 g/mol. The fourth-order valence-corrected chi connectivity index (χ4v) is 3.46. The van der Waals surface area contributed by atoms with E-state index in [2.05, 4.69) is 0 Å². The Kier molecular flexibility index (Phi) is 4.60. The number of hydrogen-bond acceptors (Lipinski definition) is 6. The van der Waals surface area contributed by atoms with Crippen LogP contribution in [0.5, 0.6) is 0 Å². The Labute approximate surface area is 112 Å². The van der Waals surface area contributed by atoms with Gasteiger partial charge in [-0.25, -0.2) is 8.42 Å². The lowest BCUT2D eigenvalue weighted by Gasteiger charge is -2.11. The number of carboxylic acids is 1. The summed E-state index contributed by atoms with van der Waals surface area (Å²) in [6.07, 6.45) is -0.662. The van der Waals surface area contributed by atoms with E-state index >= 15 is 0 Å². The van der Waals surface area contributed by atoms with Gasteiger partial charge in [0.05, 0.1) is 6.42 Å². The molecule has 0 saturated heterocycles. The number of nitrogens with two attached hydrogens (primary N) is 1. The Hall–Kier alpha value is -1.96. The molecule has 0 spiro atoms. The molecule has 1 amide bonds. The lowest BCUT2D eigenvalue weighted by Crippen LogP contribution is -2.43. The molecule has 8 nitrogen and oxygen atoms in total. The van der Waals surface area contributed by atoms with Crippen LogP contribution in [0.15, 0.2) is 16.3 Å². The quantitative estimate of drug-likeness (QED) is 0.627. The Morgan fingerprint density at radius 2 is 2.16 bits per heavy atom. The third kappa shape index (κ3) is 4.02. The van der Waals surface area contributed by atoms with E-state index in [0.717, 1.165) is 0 Å². The van der Waals surface area contributed by atoms with Crippen LogP contribution >= 0.6 is 11.3 Å². The summed E-state index contributed by atoms with van der Waals surface area (Å²) in [7, 11) is -4.11. The monoisotopic (exact) mass is 303 g/mol. The van der Waals surface area contributed by atoms with Gasteiger partial charge in [0, 0.05) is 0 Å². The molecule has 0 fully saturated rings. The third-order valence-corrected chi connectivity index (χ3v) is 4.91. The van der Waals surface area contributed by atoms with Crippen molar-refractivity contribution in [3.8, 4) is 6.07 Å². The number of thiophene rings is 1. The number of nitrogens with zero attached hydrogens (tertiary/aromatic N) is 1. The number of sulfonamides is 1. The van der Waals surface area contributed by atoms with Crippen molar-refractivity contribution in [2.45, 2.75) is 16.7 Å². The lowest BCUT2D eigenvalue weighted by molar-refractivity contribution is -0.140.